The molecule has 42 heavy (non-hydrogen) atoms. The number of rotatable bonds is 8. The maximum atomic E-state index is 13.3. The molecule has 1 fully saturated rings. The molecule has 5 rings (SSSR count). The van der Waals surface area contributed by atoms with Gasteiger partial charge in [0.25, 0.3) is 0 Å². The van der Waals surface area contributed by atoms with Gasteiger partial charge < -0.3 is 34.7 Å². The van der Waals surface area contributed by atoms with Crippen LogP contribution in [0.5, 0.6) is 5.75 Å². The van der Waals surface area contributed by atoms with Crippen LogP contribution < -0.4 is 15.8 Å². The van der Waals surface area contributed by atoms with Gasteiger partial charge in [-0.1, -0.05) is 24.3 Å². The predicted molar refractivity (Wildman–Crippen MR) is 154 cm³/mol. The summed E-state index contributed by atoms with van der Waals surface area (Å²) in [7, 11) is -1.48. The number of hydrogen-bond donors (Lipinski definition) is 3. The number of hydrogen-bond acceptors (Lipinski definition) is 11. The van der Waals surface area contributed by atoms with Crippen LogP contribution in [-0.2, 0) is 19.3 Å². The van der Waals surface area contributed by atoms with Crippen molar-refractivity contribution in [1.29, 1.82) is 0 Å². The lowest BCUT2D eigenvalue weighted by molar-refractivity contribution is -0.919. The summed E-state index contributed by atoms with van der Waals surface area (Å²) in [4.78, 5) is 26.4. The molecule has 0 spiro atoms. The molecule has 1 aliphatic carbocycles. The zero-order valence-electron chi connectivity index (χ0n) is 23.2. The Morgan fingerprint density at radius 1 is 1.00 bits per heavy atom. The molecular weight excluding hydrogens is 566 g/mol. The minimum atomic E-state index is -4.41. The van der Waals surface area contributed by atoms with Gasteiger partial charge in [0, 0.05) is 22.5 Å². The van der Waals surface area contributed by atoms with Crippen LogP contribution in [0.15, 0.2) is 60.7 Å². The third-order valence-electron chi connectivity index (χ3n) is 7.09. The molecule has 224 valence electrons. The number of nitrogens with zero attached hydrogens (tertiary/aromatic N) is 1. The summed E-state index contributed by atoms with van der Waals surface area (Å²) in [6.45, 7) is 3.99. The van der Waals surface area contributed by atoms with E-state index in [1.54, 1.807) is 48.5 Å². The zero-order valence-corrected chi connectivity index (χ0v) is 24.1. The maximum Gasteiger partial charge on any atom is 0.217 e. The van der Waals surface area contributed by atoms with Crippen LogP contribution in [0.25, 0.3) is 0 Å². The molecule has 12 nitrogen and oxygen atoms in total. The van der Waals surface area contributed by atoms with E-state index in [0.717, 1.165) is 30.4 Å². The van der Waals surface area contributed by atoms with Crippen molar-refractivity contribution in [2.24, 2.45) is 0 Å². The number of anilines is 3. The van der Waals surface area contributed by atoms with Gasteiger partial charge in [-0.3, -0.25) is 13.8 Å². The molecule has 2 aliphatic rings. The van der Waals surface area contributed by atoms with Gasteiger partial charge in [0.1, 0.15) is 38.1 Å². The first kappa shape index (κ1) is 31.1. The summed E-state index contributed by atoms with van der Waals surface area (Å²) in [5.74, 6) is 0.140. The van der Waals surface area contributed by atoms with E-state index in [1.165, 1.54) is 0 Å². The number of aliphatic hydroxyl groups excluding tert-OH is 1. The molecule has 4 N–H and O–H groups in total. The van der Waals surface area contributed by atoms with Crippen molar-refractivity contribution in [1.82, 2.24) is 0 Å². The number of fused-ring (bicyclic) bond motifs is 2. The van der Waals surface area contributed by atoms with Gasteiger partial charge in [-0.05, 0) is 36.4 Å². The Hall–Kier alpha value is -3.85. The van der Waals surface area contributed by atoms with Crippen molar-refractivity contribution in [2.75, 3.05) is 64.7 Å². The van der Waals surface area contributed by atoms with Crippen molar-refractivity contribution in [3.05, 3.63) is 82.9 Å². The summed E-state index contributed by atoms with van der Waals surface area (Å²) < 4.78 is 43.0. The Morgan fingerprint density at radius 3 is 2.14 bits per heavy atom. The van der Waals surface area contributed by atoms with E-state index in [2.05, 4.69) is 16.5 Å². The first-order valence-corrected chi connectivity index (χ1v) is 14.5. The number of nitrogens with two attached hydrogens (primary N) is 1. The number of aliphatic hydroxyl groups is 1. The van der Waals surface area contributed by atoms with Gasteiger partial charge in [0.15, 0.2) is 11.6 Å². The van der Waals surface area contributed by atoms with Crippen molar-refractivity contribution in [3.63, 3.8) is 0 Å². The van der Waals surface area contributed by atoms with Crippen molar-refractivity contribution >= 4 is 39.0 Å². The average Bonchev–Trinajstić information content (AvgIpc) is 2.96. The minimum Gasteiger partial charge on any atom is -0.726 e. The molecule has 1 aliphatic heterocycles. The summed E-state index contributed by atoms with van der Waals surface area (Å²) in [5.41, 5.74) is 8.88. The van der Waals surface area contributed by atoms with E-state index in [9.17, 15) is 27.7 Å². The second kappa shape index (κ2) is 13.0. The molecule has 0 bridgehead atoms. The fourth-order valence-electron chi connectivity index (χ4n) is 4.86. The number of nitrogens with one attached hydrogen (secondary N) is 1. The molecule has 1 unspecified atom stereocenters. The quantitative estimate of drug-likeness (QED) is 0.117. The van der Waals surface area contributed by atoms with Crippen LogP contribution in [0.3, 0.4) is 0 Å². The first-order valence-electron chi connectivity index (χ1n) is 13.1. The highest BCUT2D eigenvalue weighted by Gasteiger charge is 2.33. The fraction of sp³-hybridized carbons (Fsp3) is 0.310. The zero-order chi connectivity index (χ0) is 30.5. The molecule has 0 amide bonds. The van der Waals surface area contributed by atoms with E-state index < -0.39 is 16.5 Å². The molecule has 3 aromatic rings. The first-order chi connectivity index (χ1) is 19.9. The minimum absolute atomic E-state index is 0.197. The Bertz CT molecular complexity index is 1550. The van der Waals surface area contributed by atoms with E-state index in [0.29, 0.717) is 42.3 Å². The molecule has 0 saturated carbocycles. The van der Waals surface area contributed by atoms with E-state index in [1.807, 2.05) is 12.1 Å². The number of ether oxygens (including phenoxy) is 2. The average molecular weight is 600 g/mol. The smallest absolute Gasteiger partial charge is 0.217 e. The number of carbonyl (C=O) groups is 2. The maximum absolute atomic E-state index is 13.3. The summed E-state index contributed by atoms with van der Waals surface area (Å²) in [5, 5.41) is 13.7. The van der Waals surface area contributed by atoms with Crippen LogP contribution in [-0.4, -0.2) is 93.8 Å². The normalized spacial score (nSPS) is 16.4. The van der Waals surface area contributed by atoms with Crippen molar-refractivity contribution in [3.8, 4) is 5.75 Å². The van der Waals surface area contributed by atoms with Crippen molar-refractivity contribution < 1.29 is 45.8 Å². The largest absolute Gasteiger partial charge is 0.726 e. The summed E-state index contributed by atoms with van der Waals surface area (Å²) >= 11 is 0. The Balaban J connectivity index is 0.000000612. The third-order valence-corrected chi connectivity index (χ3v) is 7.50. The number of nitrogen functional groups attached to an aromatic ring is 1. The highest BCUT2D eigenvalue weighted by Crippen LogP contribution is 2.36. The molecule has 0 aromatic heterocycles. The lowest BCUT2D eigenvalue weighted by Crippen LogP contribution is -2.56. The van der Waals surface area contributed by atoms with Crippen LogP contribution >= 0.6 is 0 Å². The Morgan fingerprint density at radius 2 is 1.57 bits per heavy atom. The Labute approximate surface area is 244 Å². The second-order valence-electron chi connectivity index (χ2n) is 10.2. The number of benzene rings is 3. The van der Waals surface area contributed by atoms with Crippen LogP contribution in [0.1, 0.15) is 31.8 Å². The van der Waals surface area contributed by atoms with Crippen LogP contribution in [0.4, 0.5) is 17.1 Å². The molecule has 1 heterocycles. The number of ketones is 2. The van der Waals surface area contributed by atoms with Gasteiger partial charge in [-0.15, -0.1) is 0 Å². The lowest BCUT2D eigenvalue weighted by Gasteiger charge is -2.38. The summed E-state index contributed by atoms with van der Waals surface area (Å²) in [6.07, 6.45) is -0.585. The van der Waals surface area contributed by atoms with Crippen molar-refractivity contribution in [2.45, 2.75) is 6.10 Å². The Kier molecular flexibility index (Phi) is 9.61. The monoisotopic (exact) mass is 599 g/mol. The standard InChI is InChI=1S/C28H29N3O5.CH4O4S/c1-31(12-14-35-15-13-31)16-19(32)17-36-20-8-6-18(7-9-20)30-24-11-10-23(29)25-26(24)28(34)22-5-3-2-4-21(22)27(25)33;1-5-6(2,3)4/h2-11,19,32H,12-17H2,1H3,(H2-,29,30,33,34);1H3,(H,2,3,4). The molecule has 13 heteroatoms. The molecule has 0 radical (unpaired) electrons. The predicted octanol–water partition coefficient (Wildman–Crippen LogP) is 2.10. The SMILES string of the molecule is COS(=O)(=O)[O-].C[N+]1(CC(O)COc2ccc(Nc3ccc(N)c4c3C(=O)c3ccccc3C4=O)cc2)CCOCC1. The molecular formula is C29H33N3O9S. The molecule has 1 atom stereocenters. The topological polar surface area (TPSA) is 177 Å². The van der Waals surface area contributed by atoms with E-state index in [-0.39, 0.29) is 35.0 Å². The lowest BCUT2D eigenvalue weighted by atomic mass is 9.82. The highest BCUT2D eigenvalue weighted by molar-refractivity contribution is 7.80. The highest BCUT2D eigenvalue weighted by atomic mass is 32.3. The van der Waals surface area contributed by atoms with Gasteiger partial charge in [0.05, 0.1) is 44.2 Å². The van der Waals surface area contributed by atoms with Crippen LogP contribution in [0, 0.1) is 0 Å². The molecule has 3 aromatic carbocycles. The van der Waals surface area contributed by atoms with Gasteiger partial charge >= 0.3 is 0 Å². The number of quaternary nitrogens is 1. The number of carbonyl (C=O) groups excluding carboxylic acids is 2. The van der Waals surface area contributed by atoms with Gasteiger partial charge in [-0.25, -0.2) is 8.42 Å². The summed E-state index contributed by atoms with van der Waals surface area (Å²) in [6, 6.07) is 17.4. The second-order valence-corrected chi connectivity index (χ2v) is 11.4. The molecule has 1 saturated heterocycles. The number of morpholine rings is 1. The van der Waals surface area contributed by atoms with Gasteiger partial charge in [0.2, 0.25) is 10.4 Å². The van der Waals surface area contributed by atoms with E-state index in [4.69, 9.17) is 15.2 Å². The van der Waals surface area contributed by atoms with Crippen LogP contribution in [0.2, 0.25) is 0 Å². The van der Waals surface area contributed by atoms with E-state index >= 15 is 0 Å². The third kappa shape index (κ3) is 7.50. The number of likely N-dealkylation sites (N-methyl/N-ethyl adjacent to an activating group) is 1. The fourth-order valence-corrected chi connectivity index (χ4v) is 4.86. The van der Waals surface area contributed by atoms with Gasteiger partial charge in [-0.2, -0.15) is 0 Å².